The molecule has 2 rings (SSSR count). The van der Waals surface area contributed by atoms with E-state index in [1.54, 1.807) is 0 Å². The summed E-state index contributed by atoms with van der Waals surface area (Å²) in [6.07, 6.45) is -0.106. The third-order valence-corrected chi connectivity index (χ3v) is 4.95. The Balaban J connectivity index is 1.94. The molecule has 2 aromatic rings. The Labute approximate surface area is 142 Å². The summed E-state index contributed by atoms with van der Waals surface area (Å²) < 4.78 is 5.78. The van der Waals surface area contributed by atoms with Crippen LogP contribution in [-0.2, 0) is 9.53 Å². The first-order chi connectivity index (χ1) is 10.5. The number of nitrogens with one attached hydrogen (secondary N) is 1. The number of carbonyl (C=O) groups is 1. The van der Waals surface area contributed by atoms with Crippen molar-refractivity contribution in [2.75, 3.05) is 11.1 Å². The van der Waals surface area contributed by atoms with Crippen LogP contribution in [0.25, 0.3) is 0 Å². The third-order valence-electron chi connectivity index (χ3n) is 2.60. The molecule has 1 N–H and O–H groups in total. The first kappa shape index (κ1) is 17.1. The van der Waals surface area contributed by atoms with Crippen LogP contribution in [-0.4, -0.2) is 28.0 Å². The maximum absolute atomic E-state index is 11.5. The van der Waals surface area contributed by atoms with Crippen LogP contribution < -0.4 is 5.32 Å². The minimum Gasteiger partial charge on any atom is -0.462 e. The fourth-order valence-electron chi connectivity index (χ4n) is 1.59. The van der Waals surface area contributed by atoms with Crippen molar-refractivity contribution in [2.24, 2.45) is 0 Å². The minimum atomic E-state index is -0.254. The van der Waals surface area contributed by atoms with E-state index in [-0.39, 0.29) is 17.8 Å². The first-order valence-electron chi connectivity index (χ1n) is 6.63. The van der Waals surface area contributed by atoms with Gasteiger partial charge in [0.25, 0.3) is 0 Å². The van der Waals surface area contributed by atoms with Crippen molar-refractivity contribution in [1.29, 1.82) is 0 Å². The monoisotopic (exact) mass is 357 g/mol. The van der Waals surface area contributed by atoms with E-state index in [0.717, 1.165) is 11.3 Å². The molecular formula is C14H16ClN3O2S2. The largest absolute Gasteiger partial charge is 0.462 e. The second-order valence-electron chi connectivity index (χ2n) is 4.74. The van der Waals surface area contributed by atoms with Gasteiger partial charge in [-0.3, -0.25) is 4.79 Å². The Morgan fingerprint density at radius 3 is 2.95 bits per heavy atom. The van der Waals surface area contributed by atoms with Crippen LogP contribution in [0.1, 0.15) is 19.4 Å². The number of benzene rings is 1. The summed E-state index contributed by atoms with van der Waals surface area (Å²) in [5, 5.41) is 12.6. The summed E-state index contributed by atoms with van der Waals surface area (Å²) in [4.78, 5) is 11.5. The lowest BCUT2D eigenvalue weighted by Crippen LogP contribution is -2.13. The molecule has 0 atom stereocenters. The highest BCUT2D eigenvalue weighted by Crippen LogP contribution is 2.30. The molecule has 0 fully saturated rings. The average molecular weight is 358 g/mol. The van der Waals surface area contributed by atoms with Gasteiger partial charge in [-0.1, -0.05) is 40.8 Å². The van der Waals surface area contributed by atoms with E-state index < -0.39 is 0 Å². The number of esters is 1. The molecule has 22 heavy (non-hydrogen) atoms. The summed E-state index contributed by atoms with van der Waals surface area (Å²) >= 11 is 8.78. The summed E-state index contributed by atoms with van der Waals surface area (Å²) in [5.41, 5.74) is 1.84. The lowest BCUT2D eigenvalue weighted by atomic mass is 10.2. The molecule has 1 aromatic heterocycles. The van der Waals surface area contributed by atoms with Crippen molar-refractivity contribution in [3.8, 4) is 0 Å². The molecule has 0 aliphatic heterocycles. The van der Waals surface area contributed by atoms with Crippen LogP contribution in [0.3, 0.4) is 0 Å². The summed E-state index contributed by atoms with van der Waals surface area (Å²) in [5.74, 6) is -0.0291. The van der Waals surface area contributed by atoms with Gasteiger partial charge < -0.3 is 10.1 Å². The molecule has 0 aliphatic carbocycles. The van der Waals surface area contributed by atoms with Crippen molar-refractivity contribution < 1.29 is 9.53 Å². The van der Waals surface area contributed by atoms with Gasteiger partial charge in [-0.15, -0.1) is 10.2 Å². The van der Waals surface area contributed by atoms with E-state index in [1.807, 2.05) is 39.0 Å². The van der Waals surface area contributed by atoms with E-state index in [1.165, 1.54) is 23.1 Å². The molecule has 0 radical (unpaired) electrons. The molecule has 0 saturated heterocycles. The number of thioether (sulfide) groups is 1. The molecule has 0 bridgehead atoms. The topological polar surface area (TPSA) is 64.1 Å². The molecule has 8 heteroatoms. The number of carbonyl (C=O) groups excluding carboxylic acids is 1. The molecule has 0 unspecified atom stereocenters. The second kappa shape index (κ2) is 7.80. The fraction of sp³-hybridized carbons (Fsp3) is 0.357. The number of ether oxygens (including phenoxy) is 1. The van der Waals surface area contributed by atoms with E-state index in [4.69, 9.17) is 16.3 Å². The molecule has 0 saturated carbocycles. The molecule has 1 heterocycles. The minimum absolute atomic E-state index is 0.106. The summed E-state index contributed by atoms with van der Waals surface area (Å²) in [6, 6.07) is 5.63. The van der Waals surface area contributed by atoms with Crippen molar-refractivity contribution in [3.05, 3.63) is 28.8 Å². The third kappa shape index (κ3) is 4.86. The fourth-order valence-corrected chi connectivity index (χ4v) is 3.32. The quantitative estimate of drug-likeness (QED) is 0.614. The molecule has 1 aromatic carbocycles. The van der Waals surface area contributed by atoms with Gasteiger partial charge in [0.2, 0.25) is 5.13 Å². The molecule has 118 valence electrons. The van der Waals surface area contributed by atoms with E-state index in [2.05, 4.69) is 15.5 Å². The van der Waals surface area contributed by atoms with Gasteiger partial charge in [-0.25, -0.2) is 0 Å². The molecule has 0 aliphatic rings. The lowest BCUT2D eigenvalue weighted by Gasteiger charge is -2.07. The van der Waals surface area contributed by atoms with Gasteiger partial charge in [0.05, 0.1) is 11.9 Å². The number of anilines is 2. The highest BCUT2D eigenvalue weighted by atomic mass is 35.5. The molecular weight excluding hydrogens is 342 g/mol. The average Bonchev–Trinajstić information content (AvgIpc) is 2.89. The Morgan fingerprint density at radius 2 is 2.23 bits per heavy atom. The molecule has 5 nitrogen and oxygen atoms in total. The molecule has 0 spiro atoms. The van der Waals surface area contributed by atoms with Crippen LogP contribution in [0, 0.1) is 6.92 Å². The summed E-state index contributed by atoms with van der Waals surface area (Å²) in [6.45, 7) is 5.58. The number of halogens is 1. The predicted octanol–water partition coefficient (Wildman–Crippen LogP) is 4.29. The van der Waals surface area contributed by atoms with Crippen molar-refractivity contribution in [2.45, 2.75) is 31.2 Å². The van der Waals surface area contributed by atoms with Crippen LogP contribution in [0.2, 0.25) is 5.02 Å². The number of hydrogen-bond acceptors (Lipinski definition) is 7. The maximum atomic E-state index is 11.5. The number of nitrogens with zero attached hydrogens (tertiary/aromatic N) is 2. The first-order valence-corrected chi connectivity index (χ1v) is 8.81. The van der Waals surface area contributed by atoms with Gasteiger partial charge in [0.1, 0.15) is 0 Å². The van der Waals surface area contributed by atoms with Crippen molar-refractivity contribution >= 4 is 51.5 Å². The van der Waals surface area contributed by atoms with Crippen LogP contribution in [0.15, 0.2) is 22.5 Å². The van der Waals surface area contributed by atoms with Gasteiger partial charge in [0.15, 0.2) is 4.34 Å². The normalized spacial score (nSPS) is 10.8. The van der Waals surface area contributed by atoms with Crippen LogP contribution in [0.4, 0.5) is 10.8 Å². The van der Waals surface area contributed by atoms with Crippen LogP contribution in [0.5, 0.6) is 0 Å². The Kier molecular flexibility index (Phi) is 6.05. The zero-order valence-corrected chi connectivity index (χ0v) is 14.8. The predicted molar refractivity (Wildman–Crippen MR) is 91.3 cm³/mol. The summed E-state index contributed by atoms with van der Waals surface area (Å²) in [7, 11) is 0. The maximum Gasteiger partial charge on any atom is 0.316 e. The van der Waals surface area contributed by atoms with Gasteiger partial charge in [-0.2, -0.15) is 0 Å². The smallest absolute Gasteiger partial charge is 0.316 e. The standard InChI is InChI=1S/C14H16ClN3O2S2/c1-8(2)20-12(19)7-21-14-18-17-13(22-14)16-11-6-4-5-10(15)9(11)3/h4-6,8H,7H2,1-3H3,(H,16,17). The highest BCUT2D eigenvalue weighted by molar-refractivity contribution is 8.01. The lowest BCUT2D eigenvalue weighted by molar-refractivity contribution is -0.144. The van der Waals surface area contributed by atoms with E-state index in [9.17, 15) is 4.79 Å². The van der Waals surface area contributed by atoms with Crippen LogP contribution >= 0.6 is 34.7 Å². The SMILES string of the molecule is Cc1c(Cl)cccc1Nc1nnc(SCC(=O)OC(C)C)s1. The van der Waals surface area contributed by atoms with Gasteiger partial charge >= 0.3 is 5.97 Å². The van der Waals surface area contributed by atoms with Crippen molar-refractivity contribution in [3.63, 3.8) is 0 Å². The second-order valence-corrected chi connectivity index (χ2v) is 7.34. The number of aromatic nitrogens is 2. The zero-order valence-electron chi connectivity index (χ0n) is 12.4. The zero-order chi connectivity index (χ0) is 16.1. The van der Waals surface area contributed by atoms with Gasteiger partial charge in [0, 0.05) is 10.7 Å². The Hall–Kier alpha value is -1.31. The van der Waals surface area contributed by atoms with E-state index in [0.29, 0.717) is 14.5 Å². The number of hydrogen-bond donors (Lipinski definition) is 1. The highest BCUT2D eigenvalue weighted by Gasteiger charge is 2.11. The Bertz CT molecular complexity index is 661. The van der Waals surface area contributed by atoms with E-state index >= 15 is 0 Å². The van der Waals surface area contributed by atoms with Gasteiger partial charge in [-0.05, 0) is 38.5 Å². The van der Waals surface area contributed by atoms with Crippen molar-refractivity contribution in [1.82, 2.24) is 10.2 Å². The molecule has 0 amide bonds. The number of rotatable bonds is 6. The Morgan fingerprint density at radius 1 is 1.45 bits per heavy atom.